The van der Waals surface area contributed by atoms with Gasteiger partial charge in [-0.25, -0.2) is 19.2 Å². The predicted molar refractivity (Wildman–Crippen MR) is 85.3 cm³/mol. The maximum Gasteiger partial charge on any atom is 0.356 e. The first kappa shape index (κ1) is 15.3. The number of hydrogen-bond donors (Lipinski definition) is 2. The lowest BCUT2D eigenvalue weighted by Crippen LogP contribution is -2.12. The highest BCUT2D eigenvalue weighted by Crippen LogP contribution is 2.28. The largest absolute Gasteiger partial charge is 0.476 e. The molecule has 0 amide bonds. The molecule has 0 fully saturated rings. The van der Waals surface area contributed by atoms with Gasteiger partial charge in [0.05, 0.1) is 22.5 Å². The topological polar surface area (TPSA) is 88.0 Å². The number of aromatic nitrogens is 3. The van der Waals surface area contributed by atoms with Crippen molar-refractivity contribution in [1.29, 1.82) is 0 Å². The predicted octanol–water partition coefficient (Wildman–Crippen LogP) is 3.41. The van der Waals surface area contributed by atoms with Crippen molar-refractivity contribution in [2.45, 2.75) is 19.9 Å². The third kappa shape index (κ3) is 2.98. The van der Waals surface area contributed by atoms with Gasteiger partial charge < -0.3 is 10.4 Å². The maximum atomic E-state index is 13.3. The molecule has 8 heteroatoms. The van der Waals surface area contributed by atoms with Crippen molar-refractivity contribution in [3.63, 3.8) is 0 Å². The lowest BCUT2D eigenvalue weighted by Gasteiger charge is -2.14. The Morgan fingerprint density at radius 2 is 2.17 bits per heavy atom. The summed E-state index contributed by atoms with van der Waals surface area (Å²) in [5.41, 5.74) is 2.07. The summed E-state index contributed by atoms with van der Waals surface area (Å²) in [6, 6.07) is 1.04. The Hall–Kier alpha value is -2.61. The number of carboxylic acid groups (broad SMARTS) is 1. The Morgan fingerprint density at radius 3 is 2.87 bits per heavy atom. The van der Waals surface area contributed by atoms with Gasteiger partial charge in [0.2, 0.25) is 5.95 Å². The summed E-state index contributed by atoms with van der Waals surface area (Å²) < 4.78 is 13.8. The van der Waals surface area contributed by atoms with Crippen LogP contribution >= 0.6 is 11.3 Å². The van der Waals surface area contributed by atoms with E-state index in [0.717, 1.165) is 11.8 Å². The lowest BCUT2D eigenvalue weighted by molar-refractivity contribution is 0.0693. The van der Waals surface area contributed by atoms with E-state index in [-0.39, 0.29) is 17.7 Å². The zero-order chi connectivity index (χ0) is 16.6. The van der Waals surface area contributed by atoms with Crippen molar-refractivity contribution >= 4 is 33.5 Å². The van der Waals surface area contributed by atoms with Gasteiger partial charge in [-0.2, -0.15) is 0 Å². The highest BCUT2D eigenvalue weighted by atomic mass is 32.1. The zero-order valence-electron chi connectivity index (χ0n) is 12.4. The van der Waals surface area contributed by atoms with Gasteiger partial charge >= 0.3 is 5.97 Å². The highest BCUT2D eigenvalue weighted by molar-refractivity contribution is 7.17. The molecule has 2 N–H and O–H groups in total. The number of carbonyl (C=O) groups is 1. The van der Waals surface area contributed by atoms with Crippen LogP contribution in [0.5, 0.6) is 0 Å². The number of halogens is 1. The fourth-order valence-corrected chi connectivity index (χ4v) is 3.15. The van der Waals surface area contributed by atoms with E-state index in [2.05, 4.69) is 20.3 Å². The van der Waals surface area contributed by atoms with E-state index >= 15 is 0 Å². The molecule has 0 spiro atoms. The molecule has 3 heterocycles. The Kier molecular flexibility index (Phi) is 3.91. The number of rotatable bonds is 4. The molecule has 6 nitrogen and oxygen atoms in total. The summed E-state index contributed by atoms with van der Waals surface area (Å²) in [7, 11) is 0. The van der Waals surface area contributed by atoms with Crippen LogP contribution in [0.4, 0.5) is 10.3 Å². The molecule has 0 aliphatic carbocycles. The van der Waals surface area contributed by atoms with Crippen molar-refractivity contribution in [2.75, 3.05) is 5.32 Å². The number of hydrogen-bond acceptors (Lipinski definition) is 6. The van der Waals surface area contributed by atoms with Crippen molar-refractivity contribution in [1.82, 2.24) is 15.0 Å². The number of thiophene rings is 1. The first-order chi connectivity index (χ1) is 11.0. The zero-order valence-corrected chi connectivity index (χ0v) is 13.2. The molecular formula is C15H13FN4O2S. The minimum absolute atomic E-state index is 0.0415. The smallest absolute Gasteiger partial charge is 0.356 e. The number of fused-ring (bicyclic) bond motifs is 1. The number of aromatic carboxylic acids is 1. The molecule has 0 aliphatic heterocycles. The lowest BCUT2D eigenvalue weighted by atomic mass is 10.1. The number of pyridine rings is 1. The molecule has 118 valence electrons. The van der Waals surface area contributed by atoms with Crippen LogP contribution in [0.25, 0.3) is 10.2 Å². The van der Waals surface area contributed by atoms with Gasteiger partial charge in [-0.15, -0.1) is 11.3 Å². The summed E-state index contributed by atoms with van der Waals surface area (Å²) in [4.78, 5) is 23.7. The summed E-state index contributed by atoms with van der Waals surface area (Å²) in [5, 5.41) is 14.2. The Labute approximate surface area is 135 Å². The molecule has 0 aromatic carbocycles. The van der Waals surface area contributed by atoms with Crippen molar-refractivity contribution < 1.29 is 14.3 Å². The normalized spacial score (nSPS) is 12.3. The van der Waals surface area contributed by atoms with E-state index in [1.54, 1.807) is 6.92 Å². The van der Waals surface area contributed by atoms with Gasteiger partial charge in [0.1, 0.15) is 5.82 Å². The summed E-state index contributed by atoms with van der Waals surface area (Å²) in [5.74, 6) is -1.36. The molecule has 3 rings (SSSR count). The van der Waals surface area contributed by atoms with Crippen molar-refractivity contribution in [3.05, 3.63) is 46.5 Å². The summed E-state index contributed by atoms with van der Waals surface area (Å²) in [6.45, 7) is 3.66. The number of nitrogens with zero attached hydrogens (tertiary/aromatic N) is 3. The third-order valence-corrected chi connectivity index (χ3v) is 4.46. The quantitative estimate of drug-likeness (QED) is 0.761. The van der Waals surface area contributed by atoms with Crippen LogP contribution in [-0.2, 0) is 0 Å². The first-order valence-corrected chi connectivity index (χ1v) is 7.70. The Balaban J connectivity index is 1.99. The molecule has 0 aliphatic rings. The van der Waals surface area contributed by atoms with Crippen LogP contribution in [0.1, 0.15) is 34.6 Å². The second-order valence-corrected chi connectivity index (χ2v) is 5.98. The van der Waals surface area contributed by atoms with Gasteiger partial charge in [-0.05, 0) is 36.4 Å². The van der Waals surface area contributed by atoms with E-state index < -0.39 is 11.8 Å². The molecule has 3 aromatic heterocycles. The molecule has 0 saturated heterocycles. The fourth-order valence-electron chi connectivity index (χ4n) is 2.18. The molecule has 23 heavy (non-hydrogen) atoms. The monoisotopic (exact) mass is 332 g/mol. The molecule has 0 radical (unpaired) electrons. The number of aryl methyl sites for hydroxylation is 1. The molecule has 3 aromatic rings. The van der Waals surface area contributed by atoms with Gasteiger partial charge in [-0.1, -0.05) is 0 Å². The summed E-state index contributed by atoms with van der Waals surface area (Å²) in [6.07, 6.45) is 2.66. The second-order valence-electron chi connectivity index (χ2n) is 5.10. The van der Waals surface area contributed by atoms with E-state index in [0.29, 0.717) is 15.8 Å². The fraction of sp³-hybridized carbons (Fsp3) is 0.200. The average Bonchev–Trinajstić information content (AvgIpc) is 2.88. The highest BCUT2D eigenvalue weighted by Gasteiger charge is 2.18. The molecule has 0 saturated carbocycles. The maximum absolute atomic E-state index is 13.3. The first-order valence-electron chi connectivity index (χ1n) is 6.82. The Morgan fingerprint density at radius 1 is 1.39 bits per heavy atom. The Bertz CT molecular complexity index is 896. The number of nitrogens with one attached hydrogen (secondary N) is 1. The minimum Gasteiger partial charge on any atom is -0.476 e. The van der Waals surface area contributed by atoms with E-state index in [1.165, 1.54) is 23.6 Å². The molecule has 0 bridgehead atoms. The van der Waals surface area contributed by atoms with Gasteiger partial charge in [0.25, 0.3) is 0 Å². The van der Waals surface area contributed by atoms with Crippen LogP contribution < -0.4 is 5.32 Å². The van der Waals surface area contributed by atoms with Crippen molar-refractivity contribution in [2.24, 2.45) is 0 Å². The van der Waals surface area contributed by atoms with Gasteiger partial charge in [-0.3, -0.25) is 4.98 Å². The van der Waals surface area contributed by atoms with Crippen LogP contribution in [0.2, 0.25) is 0 Å². The SMILES string of the molecule is Cc1csc2c(C(=O)O)nc(NC(C)c3cncc(F)c3)nc12. The van der Waals surface area contributed by atoms with Gasteiger partial charge in [0, 0.05) is 6.20 Å². The summed E-state index contributed by atoms with van der Waals surface area (Å²) >= 11 is 1.30. The van der Waals surface area contributed by atoms with E-state index in [9.17, 15) is 14.3 Å². The molecular weight excluding hydrogens is 319 g/mol. The second kappa shape index (κ2) is 5.88. The van der Waals surface area contributed by atoms with E-state index in [1.807, 2.05) is 12.3 Å². The molecule has 1 unspecified atom stereocenters. The van der Waals surface area contributed by atoms with Gasteiger partial charge in [0.15, 0.2) is 5.69 Å². The number of carboxylic acids is 1. The standard InChI is InChI=1S/C15H13FN4O2S/c1-7-6-23-13-11(7)19-15(20-12(13)14(21)22)18-8(2)9-3-10(16)5-17-4-9/h3-6,8H,1-2H3,(H,21,22)(H,18,19,20). The third-order valence-electron chi connectivity index (χ3n) is 3.37. The molecule has 1 atom stereocenters. The van der Waals surface area contributed by atoms with Crippen molar-refractivity contribution in [3.8, 4) is 0 Å². The van der Waals surface area contributed by atoms with Crippen LogP contribution in [0, 0.1) is 12.7 Å². The average molecular weight is 332 g/mol. The van der Waals surface area contributed by atoms with Crippen LogP contribution in [0.3, 0.4) is 0 Å². The van der Waals surface area contributed by atoms with Crippen LogP contribution in [0.15, 0.2) is 23.8 Å². The van der Waals surface area contributed by atoms with E-state index in [4.69, 9.17) is 0 Å². The van der Waals surface area contributed by atoms with Crippen LogP contribution in [-0.4, -0.2) is 26.0 Å². The minimum atomic E-state index is -1.11. The number of anilines is 1.